The molecule has 0 bridgehead atoms. The number of hydrogen-bond donors (Lipinski definition) is 0. The van der Waals surface area contributed by atoms with Gasteiger partial charge >= 0.3 is 0 Å². The number of aromatic nitrogens is 1. The van der Waals surface area contributed by atoms with Crippen molar-refractivity contribution in [1.82, 2.24) is 4.98 Å². The molecule has 1 saturated heterocycles. The third kappa shape index (κ3) is 2.81. The molecule has 3 rings (SSSR count). The Morgan fingerprint density at radius 1 is 1.28 bits per heavy atom. The molecule has 1 aliphatic heterocycles. The highest BCUT2D eigenvalue weighted by molar-refractivity contribution is 9.10. The van der Waals surface area contributed by atoms with E-state index in [1.807, 2.05) is 17.4 Å². The van der Waals surface area contributed by atoms with Crippen LogP contribution in [0, 0.1) is 0 Å². The maximum atomic E-state index is 4.82. The Balaban J connectivity index is 1.84. The van der Waals surface area contributed by atoms with E-state index in [1.165, 1.54) is 35.6 Å². The summed E-state index contributed by atoms with van der Waals surface area (Å²) < 4.78 is 1.11. The second-order valence-corrected chi connectivity index (χ2v) is 7.55. The fourth-order valence-corrected chi connectivity index (χ4v) is 4.95. The Kier molecular flexibility index (Phi) is 4.07. The number of benzene rings is 1. The van der Waals surface area contributed by atoms with E-state index in [1.54, 1.807) is 0 Å². The van der Waals surface area contributed by atoms with Gasteiger partial charge in [0.1, 0.15) is 5.01 Å². The van der Waals surface area contributed by atoms with Crippen LogP contribution in [0.4, 0.5) is 0 Å². The van der Waals surface area contributed by atoms with Crippen LogP contribution < -0.4 is 0 Å². The van der Waals surface area contributed by atoms with E-state index in [-0.39, 0.29) is 0 Å². The molecule has 94 valence electrons. The Bertz CT molecular complexity index is 532. The van der Waals surface area contributed by atoms with E-state index in [4.69, 9.17) is 4.98 Å². The van der Waals surface area contributed by atoms with Crippen molar-refractivity contribution >= 4 is 39.0 Å². The van der Waals surface area contributed by atoms with E-state index in [0.29, 0.717) is 5.25 Å². The number of thiazole rings is 1. The molecule has 4 heteroatoms. The first-order valence-corrected chi connectivity index (χ1v) is 8.88. The maximum absolute atomic E-state index is 4.82. The number of thioether (sulfide) groups is 1. The quantitative estimate of drug-likeness (QED) is 0.713. The molecule has 18 heavy (non-hydrogen) atoms. The summed E-state index contributed by atoms with van der Waals surface area (Å²) in [5.74, 6) is 1.29. The van der Waals surface area contributed by atoms with Gasteiger partial charge in [-0.05, 0) is 30.7 Å². The van der Waals surface area contributed by atoms with Crippen molar-refractivity contribution in [3.05, 3.63) is 39.1 Å². The molecule has 1 atom stereocenters. The first kappa shape index (κ1) is 12.7. The van der Waals surface area contributed by atoms with Gasteiger partial charge in [0.15, 0.2) is 0 Å². The summed E-state index contributed by atoms with van der Waals surface area (Å²) in [6.07, 6.45) is 4.00. The van der Waals surface area contributed by atoms with Gasteiger partial charge in [-0.25, -0.2) is 4.98 Å². The van der Waals surface area contributed by atoms with Gasteiger partial charge in [0.2, 0.25) is 0 Å². The summed E-state index contributed by atoms with van der Waals surface area (Å²) in [5, 5.41) is 4.12. The summed E-state index contributed by atoms with van der Waals surface area (Å²) in [6, 6.07) is 8.37. The molecule has 0 amide bonds. The lowest BCUT2D eigenvalue weighted by Crippen LogP contribution is -2.01. The lowest BCUT2D eigenvalue weighted by atomic mass is 10.2. The normalized spacial score (nSPS) is 19.9. The minimum atomic E-state index is 0.629. The van der Waals surface area contributed by atoms with Crippen LogP contribution in [0.1, 0.15) is 29.5 Å². The summed E-state index contributed by atoms with van der Waals surface area (Å²) in [6.45, 7) is 0. The van der Waals surface area contributed by atoms with Gasteiger partial charge in [-0.15, -0.1) is 11.3 Å². The second kappa shape index (κ2) is 5.76. The monoisotopic (exact) mass is 339 g/mol. The Hall–Kier alpha value is -0.320. The van der Waals surface area contributed by atoms with E-state index in [2.05, 4.69) is 51.3 Å². The van der Waals surface area contributed by atoms with Gasteiger partial charge in [-0.2, -0.15) is 11.8 Å². The van der Waals surface area contributed by atoms with E-state index in [9.17, 15) is 0 Å². The number of halogens is 1. The standard InChI is InChI=1S/C14H14BrNS2/c15-11-5-3-4-10(8-11)12-9-18-14(16-12)13-6-1-2-7-17-13/h3-5,8-9,13H,1-2,6-7H2. The van der Waals surface area contributed by atoms with Crippen LogP contribution in [0.5, 0.6) is 0 Å². The molecule has 2 heterocycles. The van der Waals surface area contributed by atoms with Gasteiger partial charge in [0.05, 0.1) is 10.9 Å². The first-order valence-electron chi connectivity index (χ1n) is 6.16. The van der Waals surface area contributed by atoms with E-state index in [0.717, 1.165) is 10.2 Å². The van der Waals surface area contributed by atoms with Gasteiger partial charge in [-0.3, -0.25) is 0 Å². The molecule has 2 aromatic rings. The first-order chi connectivity index (χ1) is 8.83. The average Bonchev–Trinajstić information content (AvgIpc) is 2.89. The Labute approximate surface area is 124 Å². The van der Waals surface area contributed by atoms with Crippen molar-refractivity contribution in [1.29, 1.82) is 0 Å². The second-order valence-electron chi connectivity index (χ2n) is 4.44. The highest BCUT2D eigenvalue weighted by atomic mass is 79.9. The van der Waals surface area contributed by atoms with Gasteiger partial charge in [0.25, 0.3) is 0 Å². The van der Waals surface area contributed by atoms with Crippen molar-refractivity contribution in [2.45, 2.75) is 24.5 Å². The lowest BCUT2D eigenvalue weighted by molar-refractivity contribution is 0.684. The molecular formula is C14H14BrNS2. The topological polar surface area (TPSA) is 12.9 Å². The zero-order valence-corrected chi connectivity index (χ0v) is 13.2. The lowest BCUT2D eigenvalue weighted by Gasteiger charge is -2.18. The van der Waals surface area contributed by atoms with Gasteiger partial charge in [0, 0.05) is 15.4 Å². The maximum Gasteiger partial charge on any atom is 0.106 e. The molecule has 1 nitrogen and oxygen atoms in total. The summed E-state index contributed by atoms with van der Waals surface area (Å²) in [5.41, 5.74) is 2.31. The zero-order chi connectivity index (χ0) is 12.4. The number of nitrogens with zero attached hydrogens (tertiary/aromatic N) is 1. The smallest absolute Gasteiger partial charge is 0.106 e. The molecule has 0 saturated carbocycles. The predicted octanol–water partition coefficient (Wildman–Crippen LogP) is 5.53. The van der Waals surface area contributed by atoms with Crippen LogP contribution in [0.2, 0.25) is 0 Å². The van der Waals surface area contributed by atoms with Crippen molar-refractivity contribution in [2.75, 3.05) is 5.75 Å². The third-order valence-corrected chi connectivity index (χ3v) is 6.08. The molecule has 1 aliphatic rings. The summed E-state index contributed by atoms with van der Waals surface area (Å²) >= 11 is 7.39. The van der Waals surface area contributed by atoms with Gasteiger partial charge < -0.3 is 0 Å². The molecular weight excluding hydrogens is 326 g/mol. The number of hydrogen-bond acceptors (Lipinski definition) is 3. The summed E-state index contributed by atoms with van der Waals surface area (Å²) in [7, 11) is 0. The van der Waals surface area contributed by atoms with Crippen molar-refractivity contribution in [3.8, 4) is 11.3 Å². The van der Waals surface area contributed by atoms with Crippen LogP contribution in [0.3, 0.4) is 0 Å². The van der Waals surface area contributed by atoms with Crippen LogP contribution in [-0.2, 0) is 0 Å². The molecule has 1 unspecified atom stereocenters. The number of rotatable bonds is 2. The fourth-order valence-electron chi connectivity index (χ4n) is 2.15. The van der Waals surface area contributed by atoms with Crippen molar-refractivity contribution in [3.63, 3.8) is 0 Å². The Morgan fingerprint density at radius 3 is 3.00 bits per heavy atom. The Morgan fingerprint density at radius 2 is 2.22 bits per heavy atom. The van der Waals surface area contributed by atoms with E-state index < -0.39 is 0 Å². The van der Waals surface area contributed by atoms with Crippen molar-refractivity contribution in [2.24, 2.45) is 0 Å². The van der Waals surface area contributed by atoms with Crippen LogP contribution in [0.25, 0.3) is 11.3 Å². The summed E-state index contributed by atoms with van der Waals surface area (Å²) in [4.78, 5) is 4.82. The highest BCUT2D eigenvalue weighted by Crippen LogP contribution is 2.40. The average molecular weight is 340 g/mol. The highest BCUT2D eigenvalue weighted by Gasteiger charge is 2.19. The largest absolute Gasteiger partial charge is 0.240 e. The third-order valence-electron chi connectivity index (χ3n) is 3.10. The zero-order valence-electron chi connectivity index (χ0n) is 9.93. The molecule has 0 radical (unpaired) electrons. The van der Waals surface area contributed by atoms with E-state index >= 15 is 0 Å². The SMILES string of the molecule is Brc1cccc(-c2csc(C3CCCCS3)n2)c1. The molecule has 1 fully saturated rings. The van der Waals surface area contributed by atoms with Crippen LogP contribution in [-0.4, -0.2) is 10.7 Å². The van der Waals surface area contributed by atoms with Crippen LogP contribution >= 0.6 is 39.0 Å². The van der Waals surface area contributed by atoms with Gasteiger partial charge in [-0.1, -0.05) is 34.5 Å². The predicted molar refractivity (Wildman–Crippen MR) is 84.3 cm³/mol. The molecule has 0 spiro atoms. The fraction of sp³-hybridized carbons (Fsp3) is 0.357. The minimum absolute atomic E-state index is 0.629. The molecule has 0 aliphatic carbocycles. The van der Waals surface area contributed by atoms with Crippen molar-refractivity contribution < 1.29 is 0 Å². The minimum Gasteiger partial charge on any atom is -0.240 e. The molecule has 0 N–H and O–H groups in total. The molecule has 1 aromatic carbocycles. The molecule has 1 aromatic heterocycles. The van der Waals surface area contributed by atoms with Crippen LogP contribution in [0.15, 0.2) is 34.1 Å².